The number of alkyl halides is 3. The first-order valence-electron chi connectivity index (χ1n) is 10.5. The first kappa shape index (κ1) is 21.4. The molecule has 0 unspecified atom stereocenters. The van der Waals surface area contributed by atoms with E-state index in [1.807, 2.05) is 6.07 Å². The fourth-order valence-electron chi connectivity index (χ4n) is 4.73. The van der Waals surface area contributed by atoms with Gasteiger partial charge in [-0.25, -0.2) is 4.98 Å². The average Bonchev–Trinajstić information content (AvgIpc) is 2.77. The molecule has 1 N–H and O–H groups in total. The molecule has 0 spiro atoms. The molecule has 164 valence electrons. The normalized spacial score (nSPS) is 21.8. The van der Waals surface area contributed by atoms with Crippen LogP contribution in [0.4, 0.5) is 30.6 Å². The monoisotopic (exact) mass is 430 g/mol. The second-order valence-corrected chi connectivity index (χ2v) is 8.17. The molecule has 2 aromatic rings. The third-order valence-electron chi connectivity index (χ3n) is 6.21. The van der Waals surface area contributed by atoms with Crippen LogP contribution in [-0.2, 0) is 6.18 Å². The lowest BCUT2D eigenvalue weighted by atomic mass is 9.88. The Morgan fingerprint density at radius 2 is 2.00 bits per heavy atom. The van der Waals surface area contributed by atoms with E-state index in [1.54, 1.807) is 36.2 Å². The molecule has 1 aromatic carbocycles. The summed E-state index contributed by atoms with van der Waals surface area (Å²) in [6.45, 7) is 2.01. The highest BCUT2D eigenvalue weighted by atomic mass is 19.4. The van der Waals surface area contributed by atoms with Crippen LogP contribution in [0.15, 0.2) is 30.5 Å². The van der Waals surface area contributed by atoms with Gasteiger partial charge in [0.2, 0.25) is 5.95 Å². The lowest BCUT2D eigenvalue weighted by Crippen LogP contribution is -2.56. The summed E-state index contributed by atoms with van der Waals surface area (Å²) in [6.07, 6.45) is 1.33. The Kier molecular flexibility index (Phi) is 6.01. The summed E-state index contributed by atoms with van der Waals surface area (Å²) in [4.78, 5) is 12.3. The molecule has 0 saturated carbocycles. The van der Waals surface area contributed by atoms with Crippen molar-refractivity contribution in [1.29, 1.82) is 5.26 Å². The molecule has 2 aliphatic heterocycles. The number of rotatable bonds is 4. The standard InChI is InChI=1S/C22H25F3N6/c1-30(18-9-5-11-31-10-3-2-8-19(18)31)20-17(22(23,24)25)14-27-21(29-20)28-16-7-4-6-15(12-16)13-26/h4,6-7,12,14,18-19H,2-3,5,8-11H2,1H3,(H,27,28,29)/t18-,19+/m0/s1. The summed E-state index contributed by atoms with van der Waals surface area (Å²) < 4.78 is 41.4. The Morgan fingerprint density at radius 1 is 1.19 bits per heavy atom. The van der Waals surface area contributed by atoms with Crippen molar-refractivity contribution in [3.63, 3.8) is 0 Å². The van der Waals surface area contributed by atoms with Crippen LogP contribution in [0, 0.1) is 11.3 Å². The summed E-state index contributed by atoms with van der Waals surface area (Å²) in [5.74, 6) is -0.0416. The number of nitrogens with one attached hydrogen (secondary N) is 1. The van der Waals surface area contributed by atoms with Crippen LogP contribution in [0.5, 0.6) is 0 Å². The molecule has 0 aliphatic carbocycles. The van der Waals surface area contributed by atoms with Gasteiger partial charge in [0, 0.05) is 31.0 Å². The van der Waals surface area contributed by atoms with Gasteiger partial charge in [-0.2, -0.15) is 23.4 Å². The van der Waals surface area contributed by atoms with E-state index < -0.39 is 11.7 Å². The number of likely N-dealkylation sites (N-methyl/N-ethyl adjacent to an activating group) is 1. The third kappa shape index (κ3) is 4.59. The van der Waals surface area contributed by atoms with Gasteiger partial charge in [0.25, 0.3) is 0 Å². The number of hydrogen-bond donors (Lipinski definition) is 1. The maximum atomic E-state index is 13.8. The zero-order valence-corrected chi connectivity index (χ0v) is 17.4. The van der Waals surface area contributed by atoms with Gasteiger partial charge in [0.15, 0.2) is 0 Å². The molecule has 0 radical (unpaired) electrons. The zero-order valence-electron chi connectivity index (χ0n) is 17.4. The second kappa shape index (κ2) is 8.71. The van der Waals surface area contributed by atoms with Crippen molar-refractivity contribution in [3.05, 3.63) is 41.6 Å². The molecule has 2 atom stereocenters. The molecule has 3 heterocycles. The van der Waals surface area contributed by atoms with E-state index in [0.717, 1.165) is 51.4 Å². The summed E-state index contributed by atoms with van der Waals surface area (Å²) in [6, 6.07) is 8.91. The van der Waals surface area contributed by atoms with Gasteiger partial charge < -0.3 is 10.2 Å². The molecule has 9 heteroatoms. The van der Waals surface area contributed by atoms with Crippen LogP contribution in [0.2, 0.25) is 0 Å². The lowest BCUT2D eigenvalue weighted by molar-refractivity contribution is -0.137. The summed E-state index contributed by atoms with van der Waals surface area (Å²) in [7, 11) is 1.71. The zero-order chi connectivity index (χ0) is 22.0. The molecular formula is C22H25F3N6. The summed E-state index contributed by atoms with van der Waals surface area (Å²) in [5, 5.41) is 12.0. The fraction of sp³-hybridized carbons (Fsp3) is 0.500. The van der Waals surface area contributed by atoms with Crippen molar-refractivity contribution >= 4 is 17.5 Å². The Morgan fingerprint density at radius 3 is 2.77 bits per heavy atom. The topological polar surface area (TPSA) is 68.1 Å². The quantitative estimate of drug-likeness (QED) is 0.767. The molecule has 0 bridgehead atoms. The van der Waals surface area contributed by atoms with Crippen molar-refractivity contribution in [2.45, 2.75) is 50.4 Å². The highest BCUT2D eigenvalue weighted by Gasteiger charge is 2.41. The number of hydrogen-bond acceptors (Lipinski definition) is 6. The van der Waals surface area contributed by atoms with Crippen LogP contribution < -0.4 is 10.2 Å². The molecule has 0 amide bonds. The smallest absolute Gasteiger partial charge is 0.354 e. The number of fused-ring (bicyclic) bond motifs is 1. The molecule has 31 heavy (non-hydrogen) atoms. The van der Waals surface area contributed by atoms with E-state index in [2.05, 4.69) is 20.2 Å². The van der Waals surface area contributed by atoms with Crippen molar-refractivity contribution in [1.82, 2.24) is 14.9 Å². The van der Waals surface area contributed by atoms with Crippen molar-refractivity contribution in [3.8, 4) is 6.07 Å². The van der Waals surface area contributed by atoms with Crippen LogP contribution in [0.1, 0.15) is 43.2 Å². The van der Waals surface area contributed by atoms with E-state index in [4.69, 9.17) is 5.26 Å². The fourth-order valence-corrected chi connectivity index (χ4v) is 4.73. The number of piperidine rings is 2. The van der Waals surface area contributed by atoms with Crippen molar-refractivity contribution < 1.29 is 13.2 Å². The Balaban J connectivity index is 1.67. The van der Waals surface area contributed by atoms with E-state index in [1.165, 1.54) is 0 Å². The van der Waals surface area contributed by atoms with E-state index in [9.17, 15) is 13.2 Å². The third-order valence-corrected chi connectivity index (χ3v) is 6.21. The highest BCUT2D eigenvalue weighted by Crippen LogP contribution is 2.38. The van der Waals surface area contributed by atoms with Crippen LogP contribution in [-0.4, -0.2) is 47.1 Å². The van der Waals surface area contributed by atoms with Crippen molar-refractivity contribution in [2.24, 2.45) is 0 Å². The Hall–Kier alpha value is -2.86. The van der Waals surface area contributed by atoms with Gasteiger partial charge in [0.1, 0.15) is 11.4 Å². The molecule has 2 fully saturated rings. The minimum absolute atomic E-state index is 0.0279. The van der Waals surface area contributed by atoms with Crippen molar-refractivity contribution in [2.75, 3.05) is 30.4 Å². The maximum absolute atomic E-state index is 13.8. The van der Waals surface area contributed by atoms with E-state index in [-0.39, 0.29) is 23.8 Å². The largest absolute Gasteiger partial charge is 0.421 e. The average molecular weight is 430 g/mol. The molecule has 6 nitrogen and oxygen atoms in total. The first-order chi connectivity index (χ1) is 14.9. The first-order valence-corrected chi connectivity index (χ1v) is 10.5. The molecular weight excluding hydrogens is 405 g/mol. The summed E-state index contributed by atoms with van der Waals surface area (Å²) >= 11 is 0. The second-order valence-electron chi connectivity index (χ2n) is 8.17. The predicted octanol–water partition coefficient (Wildman–Crippen LogP) is 4.56. The van der Waals surface area contributed by atoms with Gasteiger partial charge in [-0.1, -0.05) is 12.5 Å². The Labute approximate surface area is 179 Å². The summed E-state index contributed by atoms with van der Waals surface area (Å²) in [5.41, 5.74) is 0.150. The van der Waals surface area contributed by atoms with E-state index >= 15 is 0 Å². The number of anilines is 3. The van der Waals surface area contributed by atoms with Gasteiger partial charge in [-0.3, -0.25) is 4.90 Å². The number of aromatic nitrogens is 2. The van der Waals surface area contributed by atoms with Crippen LogP contribution >= 0.6 is 0 Å². The molecule has 4 rings (SSSR count). The number of nitriles is 1. The molecule has 1 aromatic heterocycles. The predicted molar refractivity (Wildman–Crippen MR) is 112 cm³/mol. The highest BCUT2D eigenvalue weighted by molar-refractivity contribution is 5.59. The van der Waals surface area contributed by atoms with Gasteiger partial charge in [0.05, 0.1) is 11.6 Å². The number of halogens is 3. The minimum Gasteiger partial charge on any atom is -0.354 e. The molecule has 2 saturated heterocycles. The van der Waals surface area contributed by atoms with Gasteiger partial charge in [-0.15, -0.1) is 0 Å². The van der Waals surface area contributed by atoms with Gasteiger partial charge in [-0.05, 0) is 57.0 Å². The van der Waals surface area contributed by atoms with E-state index in [0.29, 0.717) is 11.3 Å². The number of nitrogens with zero attached hydrogens (tertiary/aromatic N) is 5. The Bertz CT molecular complexity index is 968. The van der Waals surface area contributed by atoms with Gasteiger partial charge >= 0.3 is 6.18 Å². The SMILES string of the molecule is CN(c1nc(Nc2cccc(C#N)c2)ncc1C(F)(F)F)[C@H]1CCCN2CCCC[C@H]12. The molecule has 2 aliphatic rings. The number of benzene rings is 1. The maximum Gasteiger partial charge on any atom is 0.421 e. The minimum atomic E-state index is -4.55. The van der Waals surface area contributed by atoms with Crippen LogP contribution in [0.25, 0.3) is 0 Å². The van der Waals surface area contributed by atoms with Crippen LogP contribution in [0.3, 0.4) is 0 Å². The lowest BCUT2D eigenvalue weighted by Gasteiger charge is -2.48.